The topological polar surface area (TPSA) is 47.3 Å². The van der Waals surface area contributed by atoms with Crippen LogP contribution in [0, 0.1) is 6.92 Å². The Morgan fingerprint density at radius 3 is 2.70 bits per heavy atom. The highest BCUT2D eigenvalue weighted by Gasteiger charge is 2.05. The van der Waals surface area contributed by atoms with Crippen molar-refractivity contribution in [3.05, 3.63) is 70.3 Å². The maximum absolute atomic E-state index is 12.0. The lowest BCUT2D eigenvalue weighted by Gasteiger charge is -2.04. The lowest BCUT2D eigenvalue weighted by Crippen LogP contribution is -2.19. The monoisotopic (exact) mass is 283 g/mol. The first-order chi connectivity index (χ1) is 9.72. The Morgan fingerprint density at radius 2 is 1.90 bits per heavy atom. The normalized spacial score (nSPS) is 10.8. The van der Waals surface area contributed by atoms with Crippen LogP contribution in [0.2, 0.25) is 0 Å². The molecule has 0 atom stereocenters. The van der Waals surface area contributed by atoms with Crippen molar-refractivity contribution in [1.29, 1.82) is 0 Å². The molecule has 0 N–H and O–H groups in total. The molecule has 0 saturated heterocycles. The van der Waals surface area contributed by atoms with Crippen LogP contribution in [0.4, 0.5) is 0 Å². The molecule has 0 aliphatic heterocycles. The van der Waals surface area contributed by atoms with Crippen LogP contribution in [-0.2, 0) is 5.75 Å². The molecule has 1 aromatic carbocycles. The zero-order chi connectivity index (χ0) is 13.9. The Kier molecular flexibility index (Phi) is 3.52. The molecule has 100 valence electrons. The van der Waals surface area contributed by atoms with E-state index in [1.54, 1.807) is 6.20 Å². The van der Waals surface area contributed by atoms with E-state index in [1.165, 1.54) is 21.7 Å². The van der Waals surface area contributed by atoms with Crippen LogP contribution in [0.1, 0.15) is 11.1 Å². The molecule has 0 fully saturated rings. The number of aryl methyl sites for hydroxylation is 1. The molecule has 5 heteroatoms. The van der Waals surface area contributed by atoms with Gasteiger partial charge in [-0.1, -0.05) is 48.2 Å². The molecule has 0 saturated carbocycles. The molecule has 2 heterocycles. The van der Waals surface area contributed by atoms with Crippen LogP contribution in [0.25, 0.3) is 5.65 Å². The van der Waals surface area contributed by atoms with Crippen molar-refractivity contribution >= 4 is 17.4 Å². The van der Waals surface area contributed by atoms with Crippen molar-refractivity contribution in [3.63, 3.8) is 0 Å². The number of nitrogens with zero attached hydrogens (tertiary/aromatic N) is 3. The van der Waals surface area contributed by atoms with Gasteiger partial charge in [0.05, 0.1) is 0 Å². The molecular weight excluding hydrogens is 270 g/mol. The van der Waals surface area contributed by atoms with Gasteiger partial charge in [-0.15, -0.1) is 0 Å². The number of pyridine rings is 1. The summed E-state index contributed by atoms with van der Waals surface area (Å²) in [5.41, 5.74) is 2.54. The van der Waals surface area contributed by atoms with Crippen molar-refractivity contribution in [3.8, 4) is 0 Å². The van der Waals surface area contributed by atoms with Crippen molar-refractivity contribution in [2.24, 2.45) is 0 Å². The van der Waals surface area contributed by atoms with E-state index in [1.807, 2.05) is 49.4 Å². The molecule has 0 unspecified atom stereocenters. The molecule has 0 aliphatic rings. The zero-order valence-corrected chi connectivity index (χ0v) is 11.8. The number of benzene rings is 1. The molecular formula is C15H13N3OS. The first-order valence-electron chi connectivity index (χ1n) is 6.26. The predicted octanol–water partition coefficient (Wildman–Crippen LogP) is 2.69. The first kappa shape index (κ1) is 12.9. The summed E-state index contributed by atoms with van der Waals surface area (Å²) in [6.07, 6.45) is 1.75. The fraction of sp³-hybridized carbons (Fsp3) is 0.133. The Balaban J connectivity index is 1.89. The second-order valence-electron chi connectivity index (χ2n) is 4.50. The minimum Gasteiger partial charge on any atom is -0.251 e. The van der Waals surface area contributed by atoms with Gasteiger partial charge in [-0.3, -0.25) is 4.40 Å². The van der Waals surface area contributed by atoms with Crippen LogP contribution in [0.3, 0.4) is 0 Å². The zero-order valence-electron chi connectivity index (χ0n) is 11.0. The number of hydrogen-bond donors (Lipinski definition) is 0. The second kappa shape index (κ2) is 5.46. The number of aromatic nitrogens is 3. The largest absolute Gasteiger partial charge is 0.355 e. The van der Waals surface area contributed by atoms with E-state index in [2.05, 4.69) is 9.97 Å². The minimum absolute atomic E-state index is 0.283. The van der Waals surface area contributed by atoms with Crippen molar-refractivity contribution < 1.29 is 0 Å². The molecule has 0 spiro atoms. The molecule has 0 radical (unpaired) electrons. The Labute approximate surface area is 120 Å². The first-order valence-corrected chi connectivity index (χ1v) is 7.25. The fourth-order valence-corrected chi connectivity index (χ4v) is 2.68. The van der Waals surface area contributed by atoms with Gasteiger partial charge in [0.1, 0.15) is 5.65 Å². The summed E-state index contributed by atoms with van der Waals surface area (Å²) in [5, 5.41) is 0.516. The van der Waals surface area contributed by atoms with Crippen LogP contribution >= 0.6 is 11.8 Å². The molecule has 3 aromatic rings. The standard InChI is InChI=1S/C15H13N3OS/c1-11-7-8-13-16-14(17-15(19)18(13)9-11)20-10-12-5-3-2-4-6-12/h2-9H,10H2,1H3. The third kappa shape index (κ3) is 2.72. The van der Waals surface area contributed by atoms with Gasteiger partial charge in [0.15, 0.2) is 5.16 Å². The van der Waals surface area contributed by atoms with Crippen LogP contribution in [0.5, 0.6) is 0 Å². The van der Waals surface area contributed by atoms with Crippen LogP contribution in [-0.4, -0.2) is 14.4 Å². The van der Waals surface area contributed by atoms with E-state index in [9.17, 15) is 4.79 Å². The molecule has 4 nitrogen and oxygen atoms in total. The molecule has 0 amide bonds. The van der Waals surface area contributed by atoms with Gasteiger partial charge in [-0.25, -0.2) is 9.78 Å². The van der Waals surface area contributed by atoms with Crippen molar-refractivity contribution in [2.45, 2.75) is 17.8 Å². The van der Waals surface area contributed by atoms with Crippen molar-refractivity contribution in [2.75, 3.05) is 0 Å². The van der Waals surface area contributed by atoms with E-state index >= 15 is 0 Å². The third-order valence-electron chi connectivity index (χ3n) is 2.89. The van der Waals surface area contributed by atoms with Gasteiger partial charge in [0.25, 0.3) is 0 Å². The quantitative estimate of drug-likeness (QED) is 0.693. The Morgan fingerprint density at radius 1 is 1.10 bits per heavy atom. The van der Waals surface area contributed by atoms with Crippen LogP contribution < -0.4 is 5.69 Å². The van der Waals surface area contributed by atoms with Gasteiger partial charge in [-0.2, -0.15) is 4.98 Å². The molecule has 2 aromatic heterocycles. The summed E-state index contributed by atoms with van der Waals surface area (Å²) in [5.74, 6) is 0.752. The van der Waals surface area contributed by atoms with Gasteiger partial charge < -0.3 is 0 Å². The molecule has 3 rings (SSSR count). The molecule has 20 heavy (non-hydrogen) atoms. The number of fused-ring (bicyclic) bond motifs is 1. The van der Waals surface area contributed by atoms with Gasteiger partial charge >= 0.3 is 5.69 Å². The van der Waals surface area contributed by atoms with E-state index in [-0.39, 0.29) is 5.69 Å². The lowest BCUT2D eigenvalue weighted by molar-refractivity contribution is 0.843. The summed E-state index contributed by atoms with van der Waals surface area (Å²) in [6, 6.07) is 13.8. The van der Waals surface area contributed by atoms with E-state index in [0.29, 0.717) is 10.8 Å². The molecule has 0 aliphatic carbocycles. The summed E-state index contributed by atoms with van der Waals surface area (Å²) in [6.45, 7) is 1.93. The van der Waals surface area contributed by atoms with Gasteiger partial charge in [0, 0.05) is 11.9 Å². The lowest BCUT2D eigenvalue weighted by atomic mass is 10.2. The van der Waals surface area contributed by atoms with Gasteiger partial charge in [0.2, 0.25) is 0 Å². The highest BCUT2D eigenvalue weighted by molar-refractivity contribution is 7.98. The average molecular weight is 283 g/mol. The summed E-state index contributed by atoms with van der Waals surface area (Å²) in [4.78, 5) is 20.4. The SMILES string of the molecule is Cc1ccc2nc(SCc3ccccc3)nc(=O)n2c1. The Hall–Kier alpha value is -2.14. The van der Waals surface area contributed by atoms with E-state index in [4.69, 9.17) is 0 Å². The fourth-order valence-electron chi connectivity index (χ4n) is 1.89. The maximum Gasteiger partial charge on any atom is 0.355 e. The smallest absolute Gasteiger partial charge is 0.251 e. The Bertz CT molecular complexity index is 799. The number of thioether (sulfide) groups is 1. The third-order valence-corrected chi connectivity index (χ3v) is 3.81. The van der Waals surface area contributed by atoms with E-state index in [0.717, 1.165) is 11.3 Å². The maximum atomic E-state index is 12.0. The highest BCUT2D eigenvalue weighted by Crippen LogP contribution is 2.18. The van der Waals surface area contributed by atoms with E-state index < -0.39 is 0 Å². The number of hydrogen-bond acceptors (Lipinski definition) is 4. The van der Waals surface area contributed by atoms with Crippen LogP contribution in [0.15, 0.2) is 58.6 Å². The number of rotatable bonds is 3. The summed E-state index contributed by atoms with van der Waals surface area (Å²) in [7, 11) is 0. The molecule has 0 bridgehead atoms. The van der Waals surface area contributed by atoms with Crippen molar-refractivity contribution in [1.82, 2.24) is 14.4 Å². The predicted molar refractivity (Wildman–Crippen MR) is 80.0 cm³/mol. The summed E-state index contributed by atoms with van der Waals surface area (Å²) < 4.78 is 1.47. The average Bonchev–Trinajstić information content (AvgIpc) is 2.47. The highest BCUT2D eigenvalue weighted by atomic mass is 32.2. The summed E-state index contributed by atoms with van der Waals surface area (Å²) >= 11 is 1.47. The second-order valence-corrected chi connectivity index (χ2v) is 5.44. The minimum atomic E-state index is -0.283. The van der Waals surface area contributed by atoms with Gasteiger partial charge in [-0.05, 0) is 24.1 Å².